The smallest absolute Gasteiger partial charge is 0.323 e. The Balaban J connectivity index is 1.90. The third-order valence-electron chi connectivity index (χ3n) is 3.62. The van der Waals surface area contributed by atoms with Gasteiger partial charge >= 0.3 is 5.97 Å². The maximum atomic E-state index is 12.3. The first-order chi connectivity index (χ1) is 11.0. The minimum Gasteiger partial charge on any atom is -0.480 e. The first-order valence-corrected chi connectivity index (χ1v) is 8.27. The van der Waals surface area contributed by atoms with Crippen LogP contribution >= 0.6 is 11.3 Å². The van der Waals surface area contributed by atoms with Crippen molar-refractivity contribution in [2.24, 2.45) is 0 Å². The molecule has 2 heterocycles. The van der Waals surface area contributed by atoms with Gasteiger partial charge in [0, 0.05) is 26.6 Å². The van der Waals surface area contributed by atoms with E-state index >= 15 is 0 Å². The topological polar surface area (TPSA) is 87.2 Å². The molecule has 2 rings (SSSR count). The second-order valence-electron chi connectivity index (χ2n) is 5.43. The molecule has 1 aliphatic rings. The second kappa shape index (κ2) is 8.07. The lowest BCUT2D eigenvalue weighted by atomic mass is 10.2. The van der Waals surface area contributed by atoms with Crippen molar-refractivity contribution in [2.75, 3.05) is 32.8 Å². The minimum atomic E-state index is -1.07. The summed E-state index contributed by atoms with van der Waals surface area (Å²) >= 11 is 1.55. The predicted molar refractivity (Wildman–Crippen MR) is 84.2 cm³/mol. The van der Waals surface area contributed by atoms with Gasteiger partial charge in [-0.2, -0.15) is 11.3 Å². The van der Waals surface area contributed by atoms with Gasteiger partial charge in [0.2, 0.25) is 11.8 Å². The number of morpholine rings is 1. The number of rotatable bonds is 6. The monoisotopic (exact) mass is 340 g/mol. The first kappa shape index (κ1) is 17.4. The number of amides is 2. The lowest BCUT2D eigenvalue weighted by molar-refractivity contribution is -0.147. The number of hydrogen-bond donors (Lipinski definition) is 1. The van der Waals surface area contributed by atoms with Crippen molar-refractivity contribution in [3.8, 4) is 0 Å². The van der Waals surface area contributed by atoms with E-state index in [4.69, 9.17) is 9.84 Å². The van der Waals surface area contributed by atoms with Crippen molar-refractivity contribution in [2.45, 2.75) is 19.4 Å². The number of thiophene rings is 1. The van der Waals surface area contributed by atoms with E-state index in [2.05, 4.69) is 0 Å². The number of ether oxygens (including phenoxy) is 1. The Bertz CT molecular complexity index is 560. The van der Waals surface area contributed by atoms with E-state index in [0.29, 0.717) is 26.1 Å². The molecule has 0 aromatic carbocycles. The third kappa shape index (κ3) is 5.33. The summed E-state index contributed by atoms with van der Waals surface area (Å²) < 4.78 is 5.58. The average molecular weight is 340 g/mol. The lowest BCUT2D eigenvalue weighted by Crippen LogP contribution is -2.51. The van der Waals surface area contributed by atoms with Gasteiger partial charge in [-0.1, -0.05) is 0 Å². The van der Waals surface area contributed by atoms with Crippen molar-refractivity contribution in [1.29, 1.82) is 0 Å². The molecule has 8 heteroatoms. The Morgan fingerprint density at radius 2 is 2.26 bits per heavy atom. The molecule has 1 aromatic rings. The van der Waals surface area contributed by atoms with E-state index in [0.717, 1.165) is 5.56 Å². The summed E-state index contributed by atoms with van der Waals surface area (Å²) in [4.78, 5) is 37.6. The number of nitrogens with zero attached hydrogens (tertiary/aromatic N) is 2. The fourth-order valence-electron chi connectivity index (χ4n) is 2.45. The summed E-state index contributed by atoms with van der Waals surface area (Å²) in [6, 6.07) is 1.92. The molecule has 1 fully saturated rings. The number of carboxylic acid groups (broad SMARTS) is 1. The zero-order valence-corrected chi connectivity index (χ0v) is 13.8. The first-order valence-electron chi connectivity index (χ1n) is 7.33. The van der Waals surface area contributed by atoms with Gasteiger partial charge in [-0.3, -0.25) is 14.4 Å². The third-order valence-corrected chi connectivity index (χ3v) is 4.35. The highest BCUT2D eigenvalue weighted by molar-refractivity contribution is 7.08. The molecule has 0 radical (unpaired) electrons. The number of carbonyl (C=O) groups is 3. The van der Waals surface area contributed by atoms with Crippen LogP contribution in [0.4, 0.5) is 0 Å². The van der Waals surface area contributed by atoms with Gasteiger partial charge in [-0.25, -0.2) is 0 Å². The van der Waals surface area contributed by atoms with E-state index in [9.17, 15) is 14.4 Å². The highest BCUT2D eigenvalue weighted by atomic mass is 32.1. The Morgan fingerprint density at radius 3 is 2.87 bits per heavy atom. The van der Waals surface area contributed by atoms with Crippen molar-refractivity contribution in [1.82, 2.24) is 9.80 Å². The molecule has 0 saturated carbocycles. The minimum absolute atomic E-state index is 0.0179. The normalized spacial score (nSPS) is 17.8. The van der Waals surface area contributed by atoms with Crippen LogP contribution in [0.3, 0.4) is 0 Å². The van der Waals surface area contributed by atoms with Gasteiger partial charge in [-0.15, -0.1) is 0 Å². The summed E-state index contributed by atoms with van der Waals surface area (Å²) in [5, 5.41) is 12.7. The summed E-state index contributed by atoms with van der Waals surface area (Å²) in [5.41, 5.74) is 0.985. The molecular weight excluding hydrogens is 320 g/mol. The van der Waals surface area contributed by atoms with Crippen LogP contribution in [0, 0.1) is 0 Å². The van der Waals surface area contributed by atoms with Gasteiger partial charge in [0.05, 0.1) is 19.1 Å². The van der Waals surface area contributed by atoms with Crippen LogP contribution in [0.25, 0.3) is 0 Å². The number of hydrogen-bond acceptors (Lipinski definition) is 5. The molecular formula is C15H20N2O5S. The molecule has 1 N–H and O–H groups in total. The fraction of sp³-hybridized carbons (Fsp3) is 0.533. The van der Waals surface area contributed by atoms with Crippen LogP contribution in [0.15, 0.2) is 16.8 Å². The van der Waals surface area contributed by atoms with Crippen molar-refractivity contribution >= 4 is 29.1 Å². The Hall–Kier alpha value is -1.93. The maximum Gasteiger partial charge on any atom is 0.323 e. The van der Waals surface area contributed by atoms with Crippen molar-refractivity contribution in [3.05, 3.63) is 22.4 Å². The standard InChI is InChI=1S/C15H20N2O5S/c1-11(18)17(9-15(20)21)8-13-7-16(3-4-22-13)14(19)6-12-2-5-23-10-12/h2,5,10,13H,3-4,6-9H2,1H3,(H,20,21). The van der Waals surface area contributed by atoms with Crippen LogP contribution in [0.5, 0.6) is 0 Å². The number of carbonyl (C=O) groups excluding carboxylic acids is 2. The van der Waals surface area contributed by atoms with Gasteiger partial charge in [0.15, 0.2) is 0 Å². The SMILES string of the molecule is CC(=O)N(CC(=O)O)CC1CN(C(=O)Cc2ccsc2)CCO1. The molecule has 0 aliphatic carbocycles. The summed E-state index contributed by atoms with van der Waals surface area (Å²) in [5.74, 6) is -1.37. The van der Waals surface area contributed by atoms with Gasteiger partial charge in [-0.05, 0) is 22.4 Å². The molecule has 7 nitrogen and oxygen atoms in total. The molecule has 126 valence electrons. The summed E-state index contributed by atoms with van der Waals surface area (Å²) in [6.45, 7) is 2.40. The van der Waals surface area contributed by atoms with Crippen molar-refractivity contribution in [3.63, 3.8) is 0 Å². The summed E-state index contributed by atoms with van der Waals surface area (Å²) in [7, 11) is 0. The van der Waals surface area contributed by atoms with Crippen LogP contribution in [0.1, 0.15) is 12.5 Å². The van der Waals surface area contributed by atoms with E-state index < -0.39 is 5.97 Å². The zero-order chi connectivity index (χ0) is 16.8. The maximum absolute atomic E-state index is 12.3. The predicted octanol–water partition coefficient (Wildman–Crippen LogP) is 0.451. The molecule has 2 amide bonds. The van der Waals surface area contributed by atoms with E-state index in [1.165, 1.54) is 11.8 Å². The lowest BCUT2D eigenvalue weighted by Gasteiger charge is -2.35. The summed E-state index contributed by atoms with van der Waals surface area (Å²) in [6.07, 6.45) is -0.0136. The molecule has 0 bridgehead atoms. The van der Waals surface area contributed by atoms with Gasteiger partial charge in [0.1, 0.15) is 6.54 Å². The van der Waals surface area contributed by atoms with Crippen LogP contribution in [0.2, 0.25) is 0 Å². The average Bonchev–Trinajstić information content (AvgIpc) is 2.99. The van der Waals surface area contributed by atoms with Crippen LogP contribution in [-0.2, 0) is 25.5 Å². The van der Waals surface area contributed by atoms with E-state index in [-0.39, 0.29) is 31.0 Å². The highest BCUT2D eigenvalue weighted by Crippen LogP contribution is 2.12. The molecule has 0 spiro atoms. The Kier molecular flexibility index (Phi) is 6.12. The van der Waals surface area contributed by atoms with Crippen LogP contribution in [-0.4, -0.2) is 71.6 Å². The van der Waals surface area contributed by atoms with Crippen molar-refractivity contribution < 1.29 is 24.2 Å². The zero-order valence-electron chi connectivity index (χ0n) is 12.9. The molecule has 1 unspecified atom stereocenters. The second-order valence-corrected chi connectivity index (χ2v) is 6.21. The quantitative estimate of drug-likeness (QED) is 0.812. The van der Waals surface area contributed by atoms with E-state index in [1.807, 2.05) is 16.8 Å². The van der Waals surface area contributed by atoms with Gasteiger partial charge in [0.25, 0.3) is 0 Å². The van der Waals surface area contributed by atoms with Crippen LogP contribution < -0.4 is 0 Å². The Labute approximate surface area is 138 Å². The largest absolute Gasteiger partial charge is 0.480 e. The molecule has 1 saturated heterocycles. The van der Waals surface area contributed by atoms with Gasteiger partial charge < -0.3 is 19.6 Å². The molecule has 1 aromatic heterocycles. The molecule has 1 aliphatic heterocycles. The highest BCUT2D eigenvalue weighted by Gasteiger charge is 2.27. The number of carboxylic acids is 1. The molecule has 23 heavy (non-hydrogen) atoms. The molecule has 1 atom stereocenters. The van der Waals surface area contributed by atoms with E-state index in [1.54, 1.807) is 16.2 Å². The Morgan fingerprint density at radius 1 is 1.48 bits per heavy atom. The fourth-order valence-corrected chi connectivity index (χ4v) is 3.12. The number of aliphatic carboxylic acids is 1.